The molecule has 3 nitrogen and oxygen atoms in total. The van der Waals surface area contributed by atoms with E-state index in [-0.39, 0.29) is 0 Å². The molecule has 2 aromatic rings. The zero-order chi connectivity index (χ0) is 9.97. The number of hydrogen-bond acceptors (Lipinski definition) is 3. The Kier molecular flexibility index (Phi) is 2.74. The summed E-state index contributed by atoms with van der Waals surface area (Å²) in [6.45, 7) is 0.759. The predicted molar refractivity (Wildman–Crippen MR) is 60.0 cm³/mol. The first-order valence-electron chi connectivity index (χ1n) is 4.35. The summed E-state index contributed by atoms with van der Waals surface area (Å²) in [5.41, 5.74) is 2.01. The Balaban J connectivity index is 2.64. The van der Waals surface area contributed by atoms with Gasteiger partial charge in [-0.15, -0.1) is 0 Å². The number of nitrogens with one attached hydrogen (secondary N) is 1. The van der Waals surface area contributed by atoms with Crippen molar-refractivity contribution in [3.63, 3.8) is 0 Å². The Morgan fingerprint density at radius 3 is 3.00 bits per heavy atom. The van der Waals surface area contributed by atoms with E-state index >= 15 is 0 Å². The molecule has 0 aliphatic carbocycles. The van der Waals surface area contributed by atoms with Crippen LogP contribution in [0.15, 0.2) is 29.0 Å². The highest BCUT2D eigenvalue weighted by Crippen LogP contribution is 2.19. The molecule has 4 heteroatoms. The summed E-state index contributed by atoms with van der Waals surface area (Å²) in [7, 11) is 1.91. The Hall–Kier alpha value is -1.000. The average Bonchev–Trinajstić information content (AvgIpc) is 2.19. The maximum atomic E-state index is 4.24. The third-order valence-electron chi connectivity index (χ3n) is 2.02. The average molecular weight is 252 g/mol. The fourth-order valence-corrected chi connectivity index (χ4v) is 1.75. The lowest BCUT2D eigenvalue weighted by Gasteiger charge is -2.04. The van der Waals surface area contributed by atoms with Gasteiger partial charge in [0.15, 0.2) is 0 Å². The lowest BCUT2D eigenvalue weighted by atomic mass is 10.2. The van der Waals surface area contributed by atoms with Crippen LogP contribution in [0.25, 0.3) is 10.9 Å². The van der Waals surface area contributed by atoms with E-state index in [2.05, 4.69) is 31.2 Å². The molecular formula is C10H10BrN3. The van der Waals surface area contributed by atoms with E-state index in [4.69, 9.17) is 0 Å². The van der Waals surface area contributed by atoms with Crippen LogP contribution in [0.4, 0.5) is 0 Å². The molecule has 14 heavy (non-hydrogen) atoms. The van der Waals surface area contributed by atoms with Crippen molar-refractivity contribution in [3.8, 4) is 0 Å². The van der Waals surface area contributed by atoms with Crippen LogP contribution in [0.2, 0.25) is 0 Å². The highest BCUT2D eigenvalue weighted by molar-refractivity contribution is 9.10. The van der Waals surface area contributed by atoms with Crippen molar-refractivity contribution in [2.24, 2.45) is 0 Å². The predicted octanol–water partition coefficient (Wildman–Crippen LogP) is 2.11. The Morgan fingerprint density at radius 1 is 1.36 bits per heavy atom. The molecule has 0 atom stereocenters. The van der Waals surface area contributed by atoms with E-state index in [0.717, 1.165) is 27.6 Å². The summed E-state index contributed by atoms with van der Waals surface area (Å²) >= 11 is 3.44. The minimum atomic E-state index is 0.759. The quantitative estimate of drug-likeness (QED) is 0.889. The number of hydrogen-bond donors (Lipinski definition) is 1. The number of rotatable bonds is 2. The normalized spacial score (nSPS) is 10.7. The van der Waals surface area contributed by atoms with Crippen LogP contribution in [0.1, 0.15) is 5.69 Å². The number of fused-ring (bicyclic) bond motifs is 1. The standard InChI is InChI=1S/C10H10BrN3/c1-12-5-10-8-4-7(11)2-3-9(8)13-6-14-10/h2-4,6,12H,5H2,1H3. The molecule has 0 bridgehead atoms. The Morgan fingerprint density at radius 2 is 2.21 bits per heavy atom. The molecule has 1 heterocycles. The van der Waals surface area contributed by atoms with Gasteiger partial charge in [0.05, 0.1) is 11.2 Å². The van der Waals surface area contributed by atoms with Crippen LogP contribution >= 0.6 is 15.9 Å². The van der Waals surface area contributed by atoms with Crippen molar-refractivity contribution in [1.29, 1.82) is 0 Å². The Bertz CT molecular complexity index is 456. The van der Waals surface area contributed by atoms with Gasteiger partial charge in [-0.1, -0.05) is 15.9 Å². The van der Waals surface area contributed by atoms with Crippen molar-refractivity contribution in [2.45, 2.75) is 6.54 Å². The van der Waals surface area contributed by atoms with Gasteiger partial charge in [-0.05, 0) is 25.2 Å². The van der Waals surface area contributed by atoms with E-state index in [1.165, 1.54) is 0 Å². The minimum absolute atomic E-state index is 0.759. The zero-order valence-corrected chi connectivity index (χ0v) is 9.37. The van der Waals surface area contributed by atoms with Crippen LogP contribution in [-0.4, -0.2) is 17.0 Å². The summed E-state index contributed by atoms with van der Waals surface area (Å²) in [6.07, 6.45) is 1.60. The van der Waals surface area contributed by atoms with E-state index in [1.807, 2.05) is 25.2 Å². The van der Waals surface area contributed by atoms with Crippen LogP contribution in [0.5, 0.6) is 0 Å². The molecule has 0 saturated heterocycles. The van der Waals surface area contributed by atoms with Gasteiger partial charge in [0.25, 0.3) is 0 Å². The summed E-state index contributed by atoms with van der Waals surface area (Å²) in [5, 5.41) is 4.18. The molecule has 1 aromatic heterocycles. The van der Waals surface area contributed by atoms with E-state index in [1.54, 1.807) is 6.33 Å². The second kappa shape index (κ2) is 4.02. The van der Waals surface area contributed by atoms with Crippen LogP contribution in [0, 0.1) is 0 Å². The fraction of sp³-hybridized carbons (Fsp3) is 0.200. The maximum Gasteiger partial charge on any atom is 0.116 e. The maximum absolute atomic E-state index is 4.24. The van der Waals surface area contributed by atoms with Crippen molar-refractivity contribution in [3.05, 3.63) is 34.7 Å². The first-order chi connectivity index (χ1) is 6.81. The first kappa shape index (κ1) is 9.55. The number of benzene rings is 1. The molecule has 0 fully saturated rings. The molecule has 0 spiro atoms. The third kappa shape index (κ3) is 1.76. The zero-order valence-electron chi connectivity index (χ0n) is 7.79. The summed E-state index contributed by atoms with van der Waals surface area (Å²) in [6, 6.07) is 6.01. The lowest BCUT2D eigenvalue weighted by molar-refractivity contribution is 0.795. The molecular weight excluding hydrogens is 242 g/mol. The molecule has 0 aliphatic rings. The van der Waals surface area contributed by atoms with E-state index < -0.39 is 0 Å². The molecule has 0 unspecified atom stereocenters. The highest BCUT2D eigenvalue weighted by Gasteiger charge is 2.02. The summed E-state index contributed by atoms with van der Waals surface area (Å²) in [5.74, 6) is 0. The highest BCUT2D eigenvalue weighted by atomic mass is 79.9. The summed E-state index contributed by atoms with van der Waals surface area (Å²) < 4.78 is 1.05. The van der Waals surface area contributed by atoms with Crippen LogP contribution in [0.3, 0.4) is 0 Å². The lowest BCUT2D eigenvalue weighted by Crippen LogP contribution is -2.07. The van der Waals surface area contributed by atoms with Gasteiger partial charge in [-0.2, -0.15) is 0 Å². The molecule has 0 amide bonds. The van der Waals surface area contributed by atoms with Crippen molar-refractivity contribution < 1.29 is 0 Å². The molecule has 0 radical (unpaired) electrons. The molecule has 1 aromatic carbocycles. The van der Waals surface area contributed by atoms with Gasteiger partial charge in [-0.3, -0.25) is 0 Å². The molecule has 72 valence electrons. The molecule has 1 N–H and O–H groups in total. The van der Waals surface area contributed by atoms with Gasteiger partial charge in [0.2, 0.25) is 0 Å². The SMILES string of the molecule is CNCc1ncnc2ccc(Br)cc12. The van der Waals surface area contributed by atoms with Crippen molar-refractivity contribution >= 4 is 26.8 Å². The largest absolute Gasteiger partial charge is 0.314 e. The van der Waals surface area contributed by atoms with Gasteiger partial charge >= 0.3 is 0 Å². The van der Waals surface area contributed by atoms with Crippen molar-refractivity contribution in [1.82, 2.24) is 15.3 Å². The fourth-order valence-electron chi connectivity index (χ4n) is 1.39. The second-order valence-corrected chi connectivity index (χ2v) is 3.93. The van der Waals surface area contributed by atoms with Gasteiger partial charge in [0.1, 0.15) is 6.33 Å². The summed E-state index contributed by atoms with van der Waals surface area (Å²) in [4.78, 5) is 8.45. The van der Waals surface area contributed by atoms with Gasteiger partial charge in [-0.25, -0.2) is 9.97 Å². The number of aromatic nitrogens is 2. The monoisotopic (exact) mass is 251 g/mol. The number of nitrogens with zero attached hydrogens (tertiary/aromatic N) is 2. The molecule has 2 rings (SSSR count). The van der Waals surface area contributed by atoms with E-state index in [9.17, 15) is 0 Å². The van der Waals surface area contributed by atoms with E-state index in [0.29, 0.717) is 0 Å². The minimum Gasteiger partial charge on any atom is -0.314 e. The smallest absolute Gasteiger partial charge is 0.116 e. The van der Waals surface area contributed by atoms with Crippen molar-refractivity contribution in [2.75, 3.05) is 7.05 Å². The first-order valence-corrected chi connectivity index (χ1v) is 5.14. The van der Waals surface area contributed by atoms with Gasteiger partial charge in [0, 0.05) is 16.4 Å². The van der Waals surface area contributed by atoms with Crippen LogP contribution in [-0.2, 0) is 6.54 Å². The second-order valence-electron chi connectivity index (χ2n) is 3.01. The topological polar surface area (TPSA) is 37.8 Å². The number of halogens is 1. The van der Waals surface area contributed by atoms with Gasteiger partial charge < -0.3 is 5.32 Å². The third-order valence-corrected chi connectivity index (χ3v) is 2.52. The Labute approximate surface area is 90.7 Å². The molecule has 0 aliphatic heterocycles. The molecule has 0 saturated carbocycles. The van der Waals surface area contributed by atoms with Crippen LogP contribution < -0.4 is 5.32 Å².